The van der Waals surface area contributed by atoms with Crippen LogP contribution in [0.4, 0.5) is 5.69 Å². The summed E-state index contributed by atoms with van der Waals surface area (Å²) < 4.78 is 15.5. The molecular weight excluding hydrogens is 336 g/mol. The molecule has 7 nitrogen and oxygen atoms in total. The van der Waals surface area contributed by atoms with Gasteiger partial charge in [0.2, 0.25) is 0 Å². The van der Waals surface area contributed by atoms with Gasteiger partial charge in [0.1, 0.15) is 0 Å². The molecule has 2 aromatic rings. The van der Waals surface area contributed by atoms with E-state index in [0.29, 0.717) is 30.2 Å². The molecule has 0 heterocycles. The zero-order valence-electron chi connectivity index (χ0n) is 14.8. The van der Waals surface area contributed by atoms with Gasteiger partial charge in [-0.3, -0.25) is 4.79 Å². The van der Waals surface area contributed by atoms with E-state index < -0.39 is 5.91 Å². The highest BCUT2D eigenvalue weighted by Crippen LogP contribution is 2.28. The second-order valence-corrected chi connectivity index (χ2v) is 5.39. The molecule has 7 heteroatoms. The summed E-state index contributed by atoms with van der Waals surface area (Å²) in [6.07, 6.45) is 0. The third-order valence-electron chi connectivity index (χ3n) is 3.49. The third kappa shape index (κ3) is 5.41. The van der Waals surface area contributed by atoms with Crippen molar-refractivity contribution in [3.8, 4) is 11.5 Å². The number of ether oxygens (including phenoxy) is 3. The van der Waals surface area contributed by atoms with Gasteiger partial charge in [-0.05, 0) is 48.9 Å². The molecule has 0 spiro atoms. The second kappa shape index (κ2) is 9.31. The smallest absolute Gasteiger partial charge is 0.338 e. The van der Waals surface area contributed by atoms with E-state index in [9.17, 15) is 9.59 Å². The summed E-state index contributed by atoms with van der Waals surface area (Å²) in [6, 6.07) is 12.4. The molecule has 0 unspecified atom stereocenters. The van der Waals surface area contributed by atoms with Crippen molar-refractivity contribution in [3.05, 3.63) is 53.6 Å². The minimum absolute atomic E-state index is 0.208. The van der Waals surface area contributed by atoms with Gasteiger partial charge >= 0.3 is 5.97 Å². The maximum absolute atomic E-state index is 11.6. The van der Waals surface area contributed by atoms with Gasteiger partial charge in [-0.2, -0.15) is 0 Å². The molecule has 26 heavy (non-hydrogen) atoms. The van der Waals surface area contributed by atoms with E-state index >= 15 is 0 Å². The number of hydrogen-bond acceptors (Lipinski definition) is 6. The Hall–Kier alpha value is -3.22. The van der Waals surface area contributed by atoms with Crippen LogP contribution in [-0.4, -0.2) is 32.2 Å². The van der Waals surface area contributed by atoms with Crippen molar-refractivity contribution in [2.24, 2.45) is 5.73 Å². The molecule has 0 aliphatic carbocycles. The standard InChI is InChI=1S/C19H22N2O5/c1-3-25-19(23)14-5-7-15(8-6-14)21-11-13-4-9-16(17(10-13)24-2)26-12-18(20)22/h4-10,21H,3,11-12H2,1-2H3,(H2,20,22). The van der Waals surface area contributed by atoms with Crippen LogP contribution in [0, 0.1) is 0 Å². The van der Waals surface area contributed by atoms with Crippen molar-refractivity contribution in [2.75, 3.05) is 25.6 Å². The Kier molecular flexibility index (Phi) is 6.84. The van der Waals surface area contributed by atoms with E-state index in [1.54, 1.807) is 25.1 Å². The van der Waals surface area contributed by atoms with Crippen molar-refractivity contribution in [2.45, 2.75) is 13.5 Å². The normalized spacial score (nSPS) is 10.1. The maximum Gasteiger partial charge on any atom is 0.338 e. The Bertz CT molecular complexity index is 759. The zero-order valence-corrected chi connectivity index (χ0v) is 14.8. The Morgan fingerprint density at radius 2 is 1.81 bits per heavy atom. The number of primary amides is 1. The predicted molar refractivity (Wildman–Crippen MR) is 97.4 cm³/mol. The number of carbonyl (C=O) groups is 2. The van der Waals surface area contributed by atoms with Gasteiger partial charge in [-0.1, -0.05) is 6.07 Å². The molecule has 0 radical (unpaired) electrons. The number of carbonyl (C=O) groups excluding carboxylic acids is 2. The Morgan fingerprint density at radius 1 is 1.08 bits per heavy atom. The highest BCUT2D eigenvalue weighted by atomic mass is 16.5. The quantitative estimate of drug-likeness (QED) is 0.668. The number of nitrogens with one attached hydrogen (secondary N) is 1. The number of rotatable bonds is 9. The average molecular weight is 358 g/mol. The first-order valence-electron chi connectivity index (χ1n) is 8.12. The summed E-state index contributed by atoms with van der Waals surface area (Å²) in [5.74, 6) is 0.0800. The minimum Gasteiger partial charge on any atom is -0.493 e. The summed E-state index contributed by atoms with van der Waals surface area (Å²) in [5.41, 5.74) is 7.41. The van der Waals surface area contributed by atoms with Crippen LogP contribution in [0.3, 0.4) is 0 Å². The third-order valence-corrected chi connectivity index (χ3v) is 3.49. The van der Waals surface area contributed by atoms with Crippen LogP contribution < -0.4 is 20.5 Å². The first kappa shape index (κ1) is 19.1. The summed E-state index contributed by atoms with van der Waals surface area (Å²) in [4.78, 5) is 22.5. The predicted octanol–water partition coefficient (Wildman–Crippen LogP) is 2.35. The van der Waals surface area contributed by atoms with Crippen molar-refractivity contribution >= 4 is 17.6 Å². The van der Waals surface area contributed by atoms with Crippen LogP contribution in [0.15, 0.2) is 42.5 Å². The summed E-state index contributed by atoms with van der Waals surface area (Å²) in [5, 5.41) is 3.26. The minimum atomic E-state index is -0.552. The van der Waals surface area contributed by atoms with Crippen LogP contribution in [0.2, 0.25) is 0 Å². The van der Waals surface area contributed by atoms with Gasteiger partial charge in [-0.25, -0.2) is 4.79 Å². The highest BCUT2D eigenvalue weighted by Gasteiger charge is 2.08. The molecule has 0 saturated carbocycles. The molecule has 0 bridgehead atoms. The molecule has 138 valence electrons. The molecule has 0 atom stereocenters. The van der Waals surface area contributed by atoms with E-state index in [0.717, 1.165) is 11.3 Å². The number of methoxy groups -OCH3 is 1. The molecule has 0 saturated heterocycles. The lowest BCUT2D eigenvalue weighted by atomic mass is 10.1. The van der Waals surface area contributed by atoms with Crippen molar-refractivity contribution < 1.29 is 23.8 Å². The van der Waals surface area contributed by atoms with E-state index in [4.69, 9.17) is 19.9 Å². The van der Waals surface area contributed by atoms with Crippen molar-refractivity contribution in [3.63, 3.8) is 0 Å². The number of anilines is 1. The van der Waals surface area contributed by atoms with Gasteiger partial charge in [0.15, 0.2) is 18.1 Å². The number of esters is 1. The number of hydrogen-bond donors (Lipinski definition) is 2. The lowest BCUT2D eigenvalue weighted by Crippen LogP contribution is -2.20. The van der Waals surface area contributed by atoms with Gasteiger partial charge < -0.3 is 25.3 Å². The maximum atomic E-state index is 11.6. The topological polar surface area (TPSA) is 99.9 Å². The average Bonchev–Trinajstić information content (AvgIpc) is 2.65. The fourth-order valence-corrected chi connectivity index (χ4v) is 2.23. The molecule has 2 aromatic carbocycles. The van der Waals surface area contributed by atoms with Crippen molar-refractivity contribution in [1.29, 1.82) is 0 Å². The van der Waals surface area contributed by atoms with Crippen molar-refractivity contribution in [1.82, 2.24) is 0 Å². The van der Waals surface area contributed by atoms with Crippen LogP contribution in [-0.2, 0) is 16.1 Å². The summed E-state index contributed by atoms with van der Waals surface area (Å²) >= 11 is 0. The molecule has 0 fully saturated rings. The van der Waals surface area contributed by atoms with Gasteiger partial charge in [0.05, 0.1) is 19.3 Å². The monoisotopic (exact) mass is 358 g/mol. The Morgan fingerprint density at radius 3 is 2.42 bits per heavy atom. The van der Waals surface area contributed by atoms with Crippen LogP contribution in [0.25, 0.3) is 0 Å². The molecule has 0 aromatic heterocycles. The first-order chi connectivity index (χ1) is 12.5. The number of amides is 1. The lowest BCUT2D eigenvalue weighted by Gasteiger charge is -2.12. The molecule has 0 aliphatic rings. The SMILES string of the molecule is CCOC(=O)c1ccc(NCc2ccc(OCC(N)=O)c(OC)c2)cc1. The van der Waals surface area contributed by atoms with E-state index in [-0.39, 0.29) is 12.6 Å². The van der Waals surface area contributed by atoms with Gasteiger partial charge in [0.25, 0.3) is 5.91 Å². The molecule has 0 aliphatic heterocycles. The molecule has 2 rings (SSSR count). The van der Waals surface area contributed by atoms with Gasteiger partial charge in [0, 0.05) is 12.2 Å². The number of nitrogens with two attached hydrogens (primary N) is 1. The summed E-state index contributed by atoms with van der Waals surface area (Å²) in [6.45, 7) is 2.46. The summed E-state index contributed by atoms with van der Waals surface area (Å²) in [7, 11) is 1.53. The van der Waals surface area contributed by atoms with Crippen LogP contribution in [0.5, 0.6) is 11.5 Å². The van der Waals surface area contributed by atoms with Crippen LogP contribution in [0.1, 0.15) is 22.8 Å². The van der Waals surface area contributed by atoms with E-state index in [2.05, 4.69) is 5.32 Å². The second-order valence-electron chi connectivity index (χ2n) is 5.39. The molecule has 3 N–H and O–H groups in total. The number of benzene rings is 2. The van der Waals surface area contributed by atoms with E-state index in [1.165, 1.54) is 7.11 Å². The Balaban J connectivity index is 1.98. The molecule has 1 amide bonds. The van der Waals surface area contributed by atoms with E-state index in [1.807, 2.05) is 24.3 Å². The Labute approximate surface area is 152 Å². The fourth-order valence-electron chi connectivity index (χ4n) is 2.23. The zero-order chi connectivity index (χ0) is 18.9. The van der Waals surface area contributed by atoms with Crippen LogP contribution >= 0.6 is 0 Å². The fraction of sp³-hybridized carbons (Fsp3) is 0.263. The molecular formula is C19H22N2O5. The first-order valence-corrected chi connectivity index (χ1v) is 8.12. The lowest BCUT2D eigenvalue weighted by molar-refractivity contribution is -0.119. The van der Waals surface area contributed by atoms with Gasteiger partial charge in [-0.15, -0.1) is 0 Å². The highest BCUT2D eigenvalue weighted by molar-refractivity contribution is 5.89. The largest absolute Gasteiger partial charge is 0.493 e.